The highest BCUT2D eigenvalue weighted by Crippen LogP contribution is 2.33. The van der Waals surface area contributed by atoms with Gasteiger partial charge in [-0.25, -0.2) is 9.97 Å². The quantitative estimate of drug-likeness (QED) is 0.849. The molecule has 1 heterocycles. The van der Waals surface area contributed by atoms with Crippen LogP contribution in [0.1, 0.15) is 57.5 Å². The van der Waals surface area contributed by atoms with Crippen molar-refractivity contribution < 1.29 is 0 Å². The van der Waals surface area contributed by atoms with Crippen LogP contribution in [0.5, 0.6) is 0 Å². The largest absolute Gasteiger partial charge is 0.306 e. The first kappa shape index (κ1) is 11.5. The number of rotatable bonds is 3. The van der Waals surface area contributed by atoms with Gasteiger partial charge in [0.1, 0.15) is 5.82 Å². The minimum absolute atomic E-state index is 0.140. The SMILES string of the molecule is CC(C)(C)NCc1ccnc(C2CCC2)n1. The van der Waals surface area contributed by atoms with Crippen molar-refractivity contribution in [2.75, 3.05) is 0 Å². The molecule has 0 radical (unpaired) electrons. The topological polar surface area (TPSA) is 37.8 Å². The predicted octanol–water partition coefficient (Wildman–Crippen LogP) is 2.63. The number of nitrogens with zero attached hydrogens (tertiary/aromatic N) is 2. The van der Waals surface area contributed by atoms with Gasteiger partial charge in [0.15, 0.2) is 0 Å². The van der Waals surface area contributed by atoms with Gasteiger partial charge >= 0.3 is 0 Å². The molecule has 0 amide bonds. The van der Waals surface area contributed by atoms with Crippen LogP contribution in [0, 0.1) is 0 Å². The summed E-state index contributed by atoms with van der Waals surface area (Å²) in [4.78, 5) is 8.99. The molecule has 2 rings (SSSR count). The molecule has 1 aliphatic rings. The van der Waals surface area contributed by atoms with Crippen molar-refractivity contribution in [2.24, 2.45) is 0 Å². The van der Waals surface area contributed by atoms with Gasteiger partial charge in [0.2, 0.25) is 0 Å². The van der Waals surface area contributed by atoms with Crippen molar-refractivity contribution in [2.45, 2.75) is 58.0 Å². The van der Waals surface area contributed by atoms with E-state index in [9.17, 15) is 0 Å². The molecule has 1 aromatic rings. The highest BCUT2D eigenvalue weighted by Gasteiger charge is 2.22. The number of hydrogen-bond acceptors (Lipinski definition) is 3. The summed E-state index contributed by atoms with van der Waals surface area (Å²) in [6.45, 7) is 7.33. The Hall–Kier alpha value is -0.960. The first-order valence-electron chi connectivity index (χ1n) is 6.11. The van der Waals surface area contributed by atoms with Gasteiger partial charge in [-0.3, -0.25) is 0 Å². The van der Waals surface area contributed by atoms with Crippen molar-refractivity contribution >= 4 is 0 Å². The molecule has 3 heteroatoms. The first-order chi connectivity index (χ1) is 7.54. The molecule has 16 heavy (non-hydrogen) atoms. The summed E-state index contributed by atoms with van der Waals surface area (Å²) in [7, 11) is 0. The molecule has 0 unspecified atom stereocenters. The fourth-order valence-electron chi connectivity index (χ4n) is 1.73. The average molecular weight is 219 g/mol. The van der Waals surface area contributed by atoms with Gasteiger partial charge in [0.25, 0.3) is 0 Å². The highest BCUT2D eigenvalue weighted by molar-refractivity contribution is 5.08. The minimum atomic E-state index is 0.140. The summed E-state index contributed by atoms with van der Waals surface area (Å²) in [5.74, 6) is 1.66. The summed E-state index contributed by atoms with van der Waals surface area (Å²) >= 11 is 0. The zero-order chi connectivity index (χ0) is 11.6. The zero-order valence-corrected chi connectivity index (χ0v) is 10.5. The second-order valence-corrected chi connectivity index (χ2v) is 5.64. The maximum absolute atomic E-state index is 4.62. The van der Waals surface area contributed by atoms with Crippen LogP contribution in [-0.4, -0.2) is 15.5 Å². The molecular formula is C13H21N3. The maximum Gasteiger partial charge on any atom is 0.131 e. The smallest absolute Gasteiger partial charge is 0.131 e. The first-order valence-corrected chi connectivity index (χ1v) is 6.11. The monoisotopic (exact) mass is 219 g/mol. The van der Waals surface area contributed by atoms with Gasteiger partial charge in [0, 0.05) is 24.2 Å². The maximum atomic E-state index is 4.62. The number of hydrogen-bond donors (Lipinski definition) is 1. The third-order valence-electron chi connectivity index (χ3n) is 3.00. The van der Waals surface area contributed by atoms with Crippen molar-refractivity contribution in [1.82, 2.24) is 15.3 Å². The normalized spacial score (nSPS) is 17.2. The second-order valence-electron chi connectivity index (χ2n) is 5.64. The lowest BCUT2D eigenvalue weighted by Gasteiger charge is -2.24. The standard InChI is InChI=1S/C13H21N3/c1-13(2,3)15-9-11-7-8-14-12(16-11)10-5-4-6-10/h7-8,10,15H,4-6,9H2,1-3H3. The van der Waals surface area contributed by atoms with Crippen LogP contribution in [0.15, 0.2) is 12.3 Å². The molecule has 1 fully saturated rings. The van der Waals surface area contributed by atoms with E-state index >= 15 is 0 Å². The van der Waals surface area contributed by atoms with E-state index in [0.29, 0.717) is 5.92 Å². The molecule has 1 aliphatic carbocycles. The molecule has 1 aromatic heterocycles. The molecule has 0 saturated heterocycles. The Morgan fingerprint density at radius 1 is 1.38 bits per heavy atom. The highest BCUT2D eigenvalue weighted by atomic mass is 15.0. The van der Waals surface area contributed by atoms with Crippen molar-refractivity contribution in [3.63, 3.8) is 0 Å². The van der Waals surface area contributed by atoms with E-state index in [1.54, 1.807) is 0 Å². The second kappa shape index (κ2) is 4.50. The minimum Gasteiger partial charge on any atom is -0.306 e. The molecule has 0 atom stereocenters. The molecule has 3 nitrogen and oxygen atoms in total. The summed E-state index contributed by atoms with van der Waals surface area (Å²) in [5.41, 5.74) is 1.24. The third-order valence-corrected chi connectivity index (χ3v) is 3.00. The van der Waals surface area contributed by atoms with Crippen molar-refractivity contribution in [1.29, 1.82) is 0 Å². The van der Waals surface area contributed by atoms with Gasteiger partial charge in [0.05, 0.1) is 5.69 Å². The van der Waals surface area contributed by atoms with E-state index in [1.165, 1.54) is 19.3 Å². The fraction of sp³-hybridized carbons (Fsp3) is 0.692. The van der Waals surface area contributed by atoms with Crippen LogP contribution in [-0.2, 0) is 6.54 Å². The Labute approximate surface area is 97.7 Å². The summed E-state index contributed by atoms with van der Waals surface area (Å²) < 4.78 is 0. The Kier molecular flexibility index (Phi) is 3.24. The van der Waals surface area contributed by atoms with Gasteiger partial charge in [-0.2, -0.15) is 0 Å². The van der Waals surface area contributed by atoms with E-state index in [1.807, 2.05) is 12.3 Å². The number of nitrogens with one attached hydrogen (secondary N) is 1. The van der Waals surface area contributed by atoms with Gasteiger partial charge in [-0.15, -0.1) is 0 Å². The lowest BCUT2D eigenvalue weighted by atomic mass is 9.85. The van der Waals surface area contributed by atoms with Gasteiger partial charge < -0.3 is 5.32 Å². The fourth-order valence-corrected chi connectivity index (χ4v) is 1.73. The van der Waals surface area contributed by atoms with Crippen LogP contribution in [0.3, 0.4) is 0 Å². The van der Waals surface area contributed by atoms with E-state index in [4.69, 9.17) is 0 Å². The Balaban J connectivity index is 1.98. The van der Waals surface area contributed by atoms with E-state index in [2.05, 4.69) is 36.1 Å². The van der Waals surface area contributed by atoms with E-state index in [0.717, 1.165) is 18.1 Å². The molecule has 0 aromatic carbocycles. The van der Waals surface area contributed by atoms with E-state index in [-0.39, 0.29) is 5.54 Å². The molecule has 1 saturated carbocycles. The van der Waals surface area contributed by atoms with Crippen LogP contribution in [0.25, 0.3) is 0 Å². The average Bonchev–Trinajstić information content (AvgIpc) is 2.12. The van der Waals surface area contributed by atoms with Crippen LogP contribution in [0.2, 0.25) is 0 Å². The lowest BCUT2D eigenvalue weighted by molar-refractivity contribution is 0.395. The Morgan fingerprint density at radius 2 is 2.12 bits per heavy atom. The van der Waals surface area contributed by atoms with Crippen molar-refractivity contribution in [3.05, 3.63) is 23.8 Å². The van der Waals surface area contributed by atoms with Gasteiger partial charge in [-0.05, 0) is 39.7 Å². The third kappa shape index (κ3) is 3.01. The Morgan fingerprint density at radius 3 is 2.69 bits per heavy atom. The summed E-state index contributed by atoms with van der Waals surface area (Å²) in [6, 6.07) is 2.00. The Bertz CT molecular complexity index is 350. The molecule has 1 N–H and O–H groups in total. The van der Waals surface area contributed by atoms with Crippen LogP contribution in [0.4, 0.5) is 0 Å². The predicted molar refractivity (Wildman–Crippen MR) is 65.2 cm³/mol. The van der Waals surface area contributed by atoms with Crippen LogP contribution < -0.4 is 5.32 Å². The lowest BCUT2D eigenvalue weighted by Crippen LogP contribution is -2.35. The van der Waals surface area contributed by atoms with Crippen LogP contribution >= 0.6 is 0 Å². The van der Waals surface area contributed by atoms with Crippen molar-refractivity contribution in [3.8, 4) is 0 Å². The molecule has 0 aliphatic heterocycles. The van der Waals surface area contributed by atoms with E-state index < -0.39 is 0 Å². The zero-order valence-electron chi connectivity index (χ0n) is 10.5. The molecular weight excluding hydrogens is 198 g/mol. The summed E-state index contributed by atoms with van der Waals surface area (Å²) in [6.07, 6.45) is 5.74. The molecule has 0 bridgehead atoms. The van der Waals surface area contributed by atoms with Gasteiger partial charge in [-0.1, -0.05) is 6.42 Å². The summed E-state index contributed by atoms with van der Waals surface area (Å²) in [5, 5.41) is 3.45. The molecule has 88 valence electrons. The number of aromatic nitrogens is 2. The molecule has 0 spiro atoms.